The number of hydrogen-bond donors (Lipinski definition) is 0. The zero-order valence-corrected chi connectivity index (χ0v) is 21.5. The summed E-state index contributed by atoms with van der Waals surface area (Å²) in [6.07, 6.45) is 0. The van der Waals surface area contributed by atoms with Gasteiger partial charge in [-0.2, -0.15) is 5.26 Å². The van der Waals surface area contributed by atoms with Crippen molar-refractivity contribution < 1.29 is 0 Å². The molecule has 184 valence electrons. The van der Waals surface area contributed by atoms with Gasteiger partial charge in [0.2, 0.25) is 0 Å². The summed E-state index contributed by atoms with van der Waals surface area (Å²) in [6, 6.07) is 43.6. The predicted molar refractivity (Wildman–Crippen MR) is 157 cm³/mol. The van der Waals surface area contributed by atoms with Crippen molar-refractivity contribution in [1.29, 1.82) is 5.26 Å². The molecule has 0 radical (unpaired) electrons. The lowest BCUT2D eigenvalue weighted by atomic mass is 9.98. The van der Waals surface area contributed by atoms with Gasteiger partial charge >= 0.3 is 0 Å². The summed E-state index contributed by atoms with van der Waals surface area (Å²) in [5, 5.41) is 9.71. The highest BCUT2D eigenvalue weighted by Gasteiger charge is 2.14. The van der Waals surface area contributed by atoms with E-state index < -0.39 is 0 Å². The zero-order valence-electron chi connectivity index (χ0n) is 20.8. The number of rotatable bonds is 5. The molecule has 39 heavy (non-hydrogen) atoms. The SMILES string of the molecule is N#Cc1ccc(-c2ccc(-c3cccc(-c4nc(-c5ccccc5)nc(-c5ccccc5)n4)c3)c(Cl)c2)cc1. The highest BCUT2D eigenvalue weighted by Crippen LogP contribution is 2.34. The summed E-state index contributed by atoms with van der Waals surface area (Å²) in [4.78, 5) is 14.5. The fourth-order valence-electron chi connectivity index (χ4n) is 4.43. The van der Waals surface area contributed by atoms with Gasteiger partial charge in [-0.15, -0.1) is 0 Å². The Morgan fingerprint density at radius 2 is 0.974 bits per heavy atom. The van der Waals surface area contributed by atoms with E-state index in [1.165, 1.54) is 0 Å². The molecular formula is C34H21ClN4. The van der Waals surface area contributed by atoms with Gasteiger partial charge in [-0.05, 0) is 41.0 Å². The molecule has 4 nitrogen and oxygen atoms in total. The highest BCUT2D eigenvalue weighted by molar-refractivity contribution is 6.33. The summed E-state index contributed by atoms with van der Waals surface area (Å²) in [7, 11) is 0. The van der Waals surface area contributed by atoms with Crippen LogP contribution in [0.4, 0.5) is 0 Å². The third-order valence-corrected chi connectivity index (χ3v) is 6.76. The van der Waals surface area contributed by atoms with Crippen LogP contribution in [0.15, 0.2) is 127 Å². The molecule has 0 saturated carbocycles. The van der Waals surface area contributed by atoms with E-state index in [2.05, 4.69) is 12.1 Å². The Bertz CT molecular complexity index is 1750. The minimum Gasteiger partial charge on any atom is -0.208 e. The van der Waals surface area contributed by atoms with Crippen molar-refractivity contribution in [2.75, 3.05) is 0 Å². The number of halogens is 1. The average Bonchev–Trinajstić information content (AvgIpc) is 3.02. The molecule has 5 heteroatoms. The predicted octanol–water partition coefficient (Wildman–Crippen LogP) is 8.73. The van der Waals surface area contributed by atoms with Crippen molar-refractivity contribution in [1.82, 2.24) is 15.0 Å². The Hall–Kier alpha value is -5.11. The standard InChI is InChI=1S/C34H21ClN4/c35-31-21-27(24-16-14-23(22-36)15-17-24)18-19-30(31)28-12-7-13-29(20-28)34-38-32(25-8-3-1-4-9-25)37-33(39-34)26-10-5-2-6-11-26/h1-21H. The van der Waals surface area contributed by atoms with Crippen LogP contribution in [0.2, 0.25) is 5.02 Å². The van der Waals surface area contributed by atoms with Crippen LogP contribution in [-0.2, 0) is 0 Å². The smallest absolute Gasteiger partial charge is 0.164 e. The first-order chi connectivity index (χ1) is 19.2. The quantitative estimate of drug-likeness (QED) is 0.228. The van der Waals surface area contributed by atoms with Crippen LogP contribution in [0.3, 0.4) is 0 Å². The maximum atomic E-state index is 9.07. The Balaban J connectivity index is 1.41. The van der Waals surface area contributed by atoms with Gasteiger partial charge in [0.05, 0.1) is 11.6 Å². The van der Waals surface area contributed by atoms with Crippen molar-refractivity contribution in [3.8, 4) is 62.5 Å². The van der Waals surface area contributed by atoms with Gasteiger partial charge < -0.3 is 0 Å². The second-order valence-corrected chi connectivity index (χ2v) is 9.41. The van der Waals surface area contributed by atoms with Gasteiger partial charge in [-0.1, -0.05) is 115 Å². The lowest BCUT2D eigenvalue weighted by Gasteiger charge is -2.11. The largest absolute Gasteiger partial charge is 0.208 e. The molecule has 0 unspecified atom stereocenters. The average molecular weight is 521 g/mol. The zero-order chi connectivity index (χ0) is 26.6. The lowest BCUT2D eigenvalue weighted by molar-refractivity contribution is 1.07. The van der Waals surface area contributed by atoms with Crippen LogP contribution in [-0.4, -0.2) is 15.0 Å². The molecule has 5 aromatic carbocycles. The van der Waals surface area contributed by atoms with Crippen molar-refractivity contribution in [3.63, 3.8) is 0 Å². The van der Waals surface area contributed by atoms with Crippen molar-refractivity contribution >= 4 is 11.6 Å². The molecule has 1 heterocycles. The minimum absolute atomic E-state index is 0.592. The van der Waals surface area contributed by atoms with E-state index in [9.17, 15) is 0 Å². The van der Waals surface area contributed by atoms with Gasteiger partial charge in [0.15, 0.2) is 17.5 Å². The number of nitriles is 1. The third kappa shape index (κ3) is 5.17. The van der Waals surface area contributed by atoms with E-state index in [1.807, 2.05) is 121 Å². The van der Waals surface area contributed by atoms with Crippen LogP contribution in [0.25, 0.3) is 56.4 Å². The first-order valence-corrected chi connectivity index (χ1v) is 12.8. The Kier molecular flexibility index (Phi) is 6.66. The first-order valence-electron chi connectivity index (χ1n) is 12.5. The lowest BCUT2D eigenvalue weighted by Crippen LogP contribution is -2.00. The molecule has 0 aliphatic carbocycles. The summed E-state index contributed by atoms with van der Waals surface area (Å²) in [5.74, 6) is 1.83. The number of hydrogen-bond acceptors (Lipinski definition) is 4. The number of aromatic nitrogens is 3. The van der Waals surface area contributed by atoms with E-state index in [0.29, 0.717) is 28.1 Å². The number of benzene rings is 5. The van der Waals surface area contributed by atoms with Crippen LogP contribution in [0.5, 0.6) is 0 Å². The van der Waals surface area contributed by atoms with Gasteiger partial charge in [-0.3, -0.25) is 0 Å². The molecular weight excluding hydrogens is 500 g/mol. The van der Waals surface area contributed by atoms with Crippen LogP contribution in [0.1, 0.15) is 5.56 Å². The molecule has 0 spiro atoms. The van der Waals surface area contributed by atoms with Crippen molar-refractivity contribution in [3.05, 3.63) is 138 Å². The second kappa shape index (κ2) is 10.7. The monoisotopic (exact) mass is 520 g/mol. The molecule has 1 aromatic heterocycles. The summed E-state index contributed by atoms with van der Waals surface area (Å²) in [6.45, 7) is 0. The normalized spacial score (nSPS) is 10.7. The minimum atomic E-state index is 0.592. The van der Waals surface area contributed by atoms with E-state index in [-0.39, 0.29) is 0 Å². The molecule has 0 fully saturated rings. The van der Waals surface area contributed by atoms with Crippen LogP contribution in [0, 0.1) is 11.3 Å². The molecule has 6 aromatic rings. The van der Waals surface area contributed by atoms with Gasteiger partial charge in [0.25, 0.3) is 0 Å². The van der Waals surface area contributed by atoms with E-state index in [4.69, 9.17) is 31.8 Å². The van der Waals surface area contributed by atoms with E-state index in [0.717, 1.165) is 38.9 Å². The molecule has 0 bridgehead atoms. The molecule has 0 aliphatic rings. The maximum Gasteiger partial charge on any atom is 0.164 e. The molecule has 0 atom stereocenters. The highest BCUT2D eigenvalue weighted by atomic mass is 35.5. The van der Waals surface area contributed by atoms with Crippen LogP contribution < -0.4 is 0 Å². The Labute approximate surface area is 231 Å². The van der Waals surface area contributed by atoms with Gasteiger partial charge in [-0.25, -0.2) is 15.0 Å². The van der Waals surface area contributed by atoms with Crippen molar-refractivity contribution in [2.24, 2.45) is 0 Å². The van der Waals surface area contributed by atoms with Gasteiger partial charge in [0.1, 0.15) is 0 Å². The molecule has 0 amide bonds. The Morgan fingerprint density at radius 3 is 1.54 bits per heavy atom. The molecule has 0 saturated heterocycles. The fraction of sp³-hybridized carbons (Fsp3) is 0. The van der Waals surface area contributed by atoms with Gasteiger partial charge in [0, 0.05) is 27.3 Å². The molecule has 0 N–H and O–H groups in total. The van der Waals surface area contributed by atoms with E-state index in [1.54, 1.807) is 0 Å². The summed E-state index contributed by atoms with van der Waals surface area (Å²) < 4.78 is 0. The number of nitrogens with zero attached hydrogens (tertiary/aromatic N) is 4. The Morgan fingerprint density at radius 1 is 0.462 bits per heavy atom. The molecule has 6 rings (SSSR count). The first kappa shape index (κ1) is 24.2. The summed E-state index contributed by atoms with van der Waals surface area (Å²) >= 11 is 6.79. The van der Waals surface area contributed by atoms with Crippen LogP contribution >= 0.6 is 11.6 Å². The topological polar surface area (TPSA) is 62.5 Å². The summed E-state index contributed by atoms with van der Waals surface area (Å²) in [5.41, 5.74) is 7.22. The second-order valence-electron chi connectivity index (χ2n) is 9.00. The van der Waals surface area contributed by atoms with E-state index >= 15 is 0 Å². The maximum absolute atomic E-state index is 9.07. The third-order valence-electron chi connectivity index (χ3n) is 6.45. The molecule has 0 aliphatic heterocycles. The fourth-order valence-corrected chi connectivity index (χ4v) is 4.72. The van der Waals surface area contributed by atoms with Crippen molar-refractivity contribution in [2.45, 2.75) is 0 Å².